The van der Waals surface area contributed by atoms with Crippen LogP contribution in [0.2, 0.25) is 0 Å². The highest BCUT2D eigenvalue weighted by atomic mass is 19.3. The van der Waals surface area contributed by atoms with E-state index in [4.69, 9.17) is 10.5 Å². The lowest BCUT2D eigenvalue weighted by molar-refractivity contribution is 0.0631. The van der Waals surface area contributed by atoms with E-state index in [0.29, 0.717) is 10.1 Å². The highest BCUT2D eigenvalue weighted by Crippen LogP contribution is 2.26. The normalized spacial score (nSPS) is 12.7. The molecule has 2 N–H and O–H groups in total. The fraction of sp³-hybridized carbons (Fsp3) is 0.308. The number of alkyl halides is 2. The molecule has 108 valence electrons. The Morgan fingerprint density at radius 2 is 2.15 bits per heavy atom. The standard InChI is InChI=1S/C13H14F3N3O/c1-8(17)10-3-2-9(14)6-11(10)20-7-12-18-4-5-19(12)13(15)16/h2-6,8,13H,7,17H2,1H3. The third-order valence-corrected chi connectivity index (χ3v) is 2.78. The average Bonchev–Trinajstić information content (AvgIpc) is 2.84. The van der Waals surface area contributed by atoms with E-state index >= 15 is 0 Å². The lowest BCUT2D eigenvalue weighted by Crippen LogP contribution is -2.11. The zero-order chi connectivity index (χ0) is 14.7. The quantitative estimate of drug-likeness (QED) is 0.918. The molecule has 0 radical (unpaired) electrons. The molecule has 0 fully saturated rings. The smallest absolute Gasteiger partial charge is 0.320 e. The van der Waals surface area contributed by atoms with Crippen LogP contribution in [0.5, 0.6) is 5.75 Å². The summed E-state index contributed by atoms with van der Waals surface area (Å²) in [5, 5.41) is 0. The summed E-state index contributed by atoms with van der Waals surface area (Å²) in [6.07, 6.45) is 2.41. The van der Waals surface area contributed by atoms with Crippen LogP contribution in [0.4, 0.5) is 13.2 Å². The Bertz CT molecular complexity index is 584. The first-order valence-electron chi connectivity index (χ1n) is 5.96. The average molecular weight is 285 g/mol. The van der Waals surface area contributed by atoms with Crippen molar-refractivity contribution < 1.29 is 17.9 Å². The second kappa shape index (κ2) is 5.96. The third kappa shape index (κ3) is 3.11. The monoisotopic (exact) mass is 285 g/mol. The largest absolute Gasteiger partial charge is 0.485 e. The number of benzene rings is 1. The van der Waals surface area contributed by atoms with Crippen molar-refractivity contribution in [2.45, 2.75) is 26.1 Å². The van der Waals surface area contributed by atoms with E-state index in [2.05, 4.69) is 4.98 Å². The van der Waals surface area contributed by atoms with Crippen LogP contribution in [0, 0.1) is 5.82 Å². The number of rotatable bonds is 5. The molecule has 4 nitrogen and oxygen atoms in total. The molecule has 0 saturated carbocycles. The summed E-state index contributed by atoms with van der Waals surface area (Å²) in [6.45, 7) is -1.17. The number of hydrogen-bond donors (Lipinski definition) is 1. The van der Waals surface area contributed by atoms with Gasteiger partial charge in [0.25, 0.3) is 0 Å². The van der Waals surface area contributed by atoms with Crippen molar-refractivity contribution in [3.05, 3.63) is 47.8 Å². The molecule has 0 aliphatic heterocycles. The first-order valence-corrected chi connectivity index (χ1v) is 5.96. The van der Waals surface area contributed by atoms with E-state index < -0.39 is 12.4 Å². The first-order chi connectivity index (χ1) is 9.49. The minimum absolute atomic E-state index is 0.0554. The summed E-state index contributed by atoms with van der Waals surface area (Å²) in [5.41, 5.74) is 6.35. The minimum Gasteiger partial charge on any atom is -0.485 e. The van der Waals surface area contributed by atoms with Crippen molar-refractivity contribution in [2.24, 2.45) is 5.73 Å². The highest BCUT2D eigenvalue weighted by Gasteiger charge is 2.14. The number of halogens is 3. The predicted octanol–water partition coefficient (Wildman–Crippen LogP) is 3.02. The third-order valence-electron chi connectivity index (χ3n) is 2.78. The van der Waals surface area contributed by atoms with E-state index in [1.165, 1.54) is 24.4 Å². The Kier molecular flexibility index (Phi) is 4.29. The summed E-state index contributed by atoms with van der Waals surface area (Å²) in [7, 11) is 0. The Hall–Kier alpha value is -2.02. The van der Waals surface area contributed by atoms with Crippen molar-refractivity contribution in [3.8, 4) is 5.75 Å². The van der Waals surface area contributed by atoms with Gasteiger partial charge in [-0.05, 0) is 13.0 Å². The van der Waals surface area contributed by atoms with E-state index in [1.807, 2.05) is 0 Å². The summed E-state index contributed by atoms with van der Waals surface area (Å²) in [4.78, 5) is 3.78. The van der Waals surface area contributed by atoms with Crippen LogP contribution in [0.1, 0.15) is 30.9 Å². The molecular weight excluding hydrogens is 271 g/mol. The maximum atomic E-state index is 13.2. The number of ether oxygens (including phenoxy) is 1. The molecule has 0 bridgehead atoms. The van der Waals surface area contributed by atoms with Crippen LogP contribution in [-0.4, -0.2) is 9.55 Å². The fourth-order valence-corrected chi connectivity index (χ4v) is 1.79. The van der Waals surface area contributed by atoms with Crippen LogP contribution in [-0.2, 0) is 6.61 Å². The highest BCUT2D eigenvalue weighted by molar-refractivity contribution is 5.36. The van der Waals surface area contributed by atoms with Gasteiger partial charge in [0.15, 0.2) is 5.82 Å². The molecular formula is C13H14F3N3O. The van der Waals surface area contributed by atoms with Gasteiger partial charge in [0.2, 0.25) is 0 Å². The molecule has 0 amide bonds. The summed E-state index contributed by atoms with van der Waals surface area (Å²) >= 11 is 0. The van der Waals surface area contributed by atoms with Crippen molar-refractivity contribution in [3.63, 3.8) is 0 Å². The maximum Gasteiger partial charge on any atom is 0.320 e. The molecule has 0 spiro atoms. The van der Waals surface area contributed by atoms with Gasteiger partial charge in [0.1, 0.15) is 18.2 Å². The van der Waals surface area contributed by atoms with Crippen molar-refractivity contribution in [2.75, 3.05) is 0 Å². The van der Waals surface area contributed by atoms with Gasteiger partial charge in [0.05, 0.1) is 0 Å². The molecule has 1 aromatic carbocycles. The lowest BCUT2D eigenvalue weighted by atomic mass is 10.1. The number of nitrogens with two attached hydrogens (primary N) is 1. The van der Waals surface area contributed by atoms with Crippen molar-refractivity contribution in [1.82, 2.24) is 9.55 Å². The minimum atomic E-state index is -2.70. The van der Waals surface area contributed by atoms with Gasteiger partial charge < -0.3 is 10.5 Å². The number of aromatic nitrogens is 2. The summed E-state index contributed by atoms with van der Waals surface area (Å²) in [5.74, 6) is -0.203. The van der Waals surface area contributed by atoms with Gasteiger partial charge in [-0.25, -0.2) is 9.37 Å². The van der Waals surface area contributed by atoms with Crippen molar-refractivity contribution in [1.29, 1.82) is 0 Å². The fourth-order valence-electron chi connectivity index (χ4n) is 1.79. The van der Waals surface area contributed by atoms with E-state index in [9.17, 15) is 13.2 Å². The first kappa shape index (κ1) is 14.4. The van der Waals surface area contributed by atoms with Crippen LogP contribution in [0.15, 0.2) is 30.6 Å². The molecule has 0 aliphatic carbocycles. The predicted molar refractivity (Wildman–Crippen MR) is 66.8 cm³/mol. The molecule has 7 heteroatoms. The molecule has 0 saturated heterocycles. The Balaban J connectivity index is 2.18. The molecule has 2 rings (SSSR count). The van der Waals surface area contributed by atoms with Gasteiger partial charge in [-0.2, -0.15) is 8.78 Å². The maximum absolute atomic E-state index is 13.2. The van der Waals surface area contributed by atoms with Gasteiger partial charge in [0, 0.05) is 30.1 Å². The van der Waals surface area contributed by atoms with Gasteiger partial charge in [-0.15, -0.1) is 0 Å². The number of hydrogen-bond acceptors (Lipinski definition) is 3. The number of nitrogens with zero attached hydrogens (tertiary/aromatic N) is 2. The summed E-state index contributed by atoms with van der Waals surface area (Å²) < 4.78 is 44.6. The zero-order valence-corrected chi connectivity index (χ0v) is 10.8. The molecule has 2 aromatic rings. The lowest BCUT2D eigenvalue weighted by Gasteiger charge is -2.14. The van der Waals surface area contributed by atoms with Crippen molar-refractivity contribution >= 4 is 0 Å². The molecule has 1 aromatic heterocycles. The van der Waals surface area contributed by atoms with Crippen LogP contribution in [0.25, 0.3) is 0 Å². The number of imidazole rings is 1. The van der Waals surface area contributed by atoms with Crippen LogP contribution < -0.4 is 10.5 Å². The second-order valence-electron chi connectivity index (χ2n) is 4.29. The topological polar surface area (TPSA) is 53.1 Å². The molecule has 0 aliphatic rings. The Labute approximate surface area is 114 Å². The Morgan fingerprint density at radius 3 is 2.80 bits per heavy atom. The van der Waals surface area contributed by atoms with Gasteiger partial charge in [-0.3, -0.25) is 4.57 Å². The molecule has 1 unspecified atom stereocenters. The van der Waals surface area contributed by atoms with E-state index in [0.717, 1.165) is 6.20 Å². The van der Waals surface area contributed by atoms with E-state index in [1.54, 1.807) is 6.92 Å². The Morgan fingerprint density at radius 1 is 1.40 bits per heavy atom. The molecule has 1 atom stereocenters. The van der Waals surface area contributed by atoms with E-state index in [-0.39, 0.29) is 24.2 Å². The second-order valence-corrected chi connectivity index (χ2v) is 4.29. The molecule has 1 heterocycles. The summed E-state index contributed by atoms with van der Waals surface area (Å²) in [6, 6.07) is 3.59. The SMILES string of the molecule is CC(N)c1ccc(F)cc1OCc1nccn1C(F)F. The zero-order valence-electron chi connectivity index (χ0n) is 10.8. The van der Waals surface area contributed by atoms with Gasteiger partial charge in [-0.1, -0.05) is 6.07 Å². The van der Waals surface area contributed by atoms with Crippen LogP contribution >= 0.6 is 0 Å². The molecule has 20 heavy (non-hydrogen) atoms. The van der Waals surface area contributed by atoms with Crippen LogP contribution in [0.3, 0.4) is 0 Å². The van der Waals surface area contributed by atoms with Gasteiger partial charge >= 0.3 is 6.55 Å².